The Kier molecular flexibility index (Phi) is 13.5. The molecule has 0 aromatic heterocycles. The van der Waals surface area contributed by atoms with Crippen LogP contribution in [-0.4, -0.2) is 37.3 Å². The third-order valence-electron chi connectivity index (χ3n) is 6.51. The summed E-state index contributed by atoms with van der Waals surface area (Å²) in [5.41, 5.74) is 1.22. The lowest BCUT2D eigenvalue weighted by Crippen LogP contribution is -2.38. The lowest BCUT2D eigenvalue weighted by molar-refractivity contribution is -0.142. The predicted molar refractivity (Wildman–Crippen MR) is 133 cm³/mol. The number of carbonyl (C=O) groups excluding carboxylic acids is 2. The quantitative estimate of drug-likeness (QED) is 0.269. The first kappa shape index (κ1) is 26.7. The molecule has 6 heteroatoms. The van der Waals surface area contributed by atoms with Crippen molar-refractivity contribution in [1.82, 2.24) is 10.0 Å². The highest BCUT2D eigenvalue weighted by Gasteiger charge is 2.18. The number of methoxy groups -OCH3 is 1. The van der Waals surface area contributed by atoms with Gasteiger partial charge in [-0.2, -0.15) is 0 Å². The van der Waals surface area contributed by atoms with E-state index in [1.807, 2.05) is 18.2 Å². The number of ether oxygens (including phenoxy) is 1. The maximum absolute atomic E-state index is 12.4. The number of esters is 1. The van der Waals surface area contributed by atoms with E-state index in [1.54, 1.807) is 11.9 Å². The summed E-state index contributed by atoms with van der Waals surface area (Å²) in [5.74, 6) is 0.503. The van der Waals surface area contributed by atoms with Crippen molar-refractivity contribution in [3.05, 3.63) is 35.9 Å². The zero-order valence-electron chi connectivity index (χ0n) is 19.9. The van der Waals surface area contributed by atoms with Gasteiger partial charge >= 0.3 is 5.97 Å². The van der Waals surface area contributed by atoms with Crippen LogP contribution in [0.3, 0.4) is 0 Å². The zero-order chi connectivity index (χ0) is 23.0. The van der Waals surface area contributed by atoms with E-state index < -0.39 is 0 Å². The van der Waals surface area contributed by atoms with Crippen LogP contribution >= 0.6 is 11.9 Å². The lowest BCUT2D eigenvalue weighted by Gasteiger charge is -2.25. The van der Waals surface area contributed by atoms with Crippen molar-refractivity contribution < 1.29 is 14.3 Å². The second-order valence-corrected chi connectivity index (χ2v) is 9.71. The monoisotopic (exact) mass is 462 g/mol. The van der Waals surface area contributed by atoms with Gasteiger partial charge in [0.05, 0.1) is 13.5 Å². The molecule has 2 rings (SSSR count). The Morgan fingerprint density at radius 1 is 1.03 bits per heavy atom. The van der Waals surface area contributed by atoms with Crippen molar-refractivity contribution >= 4 is 23.8 Å². The molecule has 0 spiro atoms. The van der Waals surface area contributed by atoms with Gasteiger partial charge < -0.3 is 10.1 Å². The van der Waals surface area contributed by atoms with Crippen LogP contribution in [0.5, 0.6) is 0 Å². The van der Waals surface area contributed by atoms with Crippen molar-refractivity contribution in [3.63, 3.8) is 0 Å². The molecule has 1 amide bonds. The largest absolute Gasteiger partial charge is 0.469 e. The van der Waals surface area contributed by atoms with E-state index in [1.165, 1.54) is 64.0 Å². The molecule has 2 unspecified atom stereocenters. The molecular formula is C26H42N2O3S. The van der Waals surface area contributed by atoms with Gasteiger partial charge in [0.15, 0.2) is 0 Å². The van der Waals surface area contributed by atoms with Crippen molar-refractivity contribution in [3.8, 4) is 0 Å². The summed E-state index contributed by atoms with van der Waals surface area (Å²) in [6.07, 6.45) is 16.0. The van der Waals surface area contributed by atoms with Gasteiger partial charge in [-0.3, -0.25) is 14.3 Å². The molecule has 0 heterocycles. The number of hydrogen-bond donors (Lipinski definition) is 2. The van der Waals surface area contributed by atoms with Crippen LogP contribution in [0, 0.1) is 5.92 Å². The molecule has 1 aromatic rings. The van der Waals surface area contributed by atoms with Crippen LogP contribution in [-0.2, 0) is 20.7 Å². The Labute approximate surface area is 199 Å². The first-order valence-electron chi connectivity index (χ1n) is 12.3. The number of nitrogens with one attached hydrogen (secondary N) is 2. The Morgan fingerprint density at radius 2 is 1.75 bits per heavy atom. The molecular weight excluding hydrogens is 420 g/mol. The molecule has 1 aromatic carbocycles. The van der Waals surface area contributed by atoms with Crippen LogP contribution < -0.4 is 10.0 Å². The van der Waals surface area contributed by atoms with Gasteiger partial charge in [0, 0.05) is 18.5 Å². The number of benzene rings is 1. The Balaban J connectivity index is 1.85. The van der Waals surface area contributed by atoms with Gasteiger partial charge in [-0.05, 0) is 43.4 Å². The molecule has 1 saturated carbocycles. The summed E-state index contributed by atoms with van der Waals surface area (Å²) < 4.78 is 8.24. The van der Waals surface area contributed by atoms with Crippen LogP contribution in [0.25, 0.3) is 0 Å². The molecule has 0 radical (unpaired) electrons. The standard InChI is InChI=1S/C26H42N2O3S/c1-31-26(30)19-18-25(29)27-24(20-22-12-7-4-8-13-22)17-16-23(28-32-2)15-9-14-21-10-5-3-6-11-21/h4,7-8,12-13,21,23-24,28H,3,5-6,9-11,14-20H2,1-2H3,(H,27,29). The van der Waals surface area contributed by atoms with Gasteiger partial charge in [0.25, 0.3) is 0 Å². The van der Waals surface area contributed by atoms with Crippen LogP contribution in [0.2, 0.25) is 0 Å². The normalized spacial score (nSPS) is 16.3. The Morgan fingerprint density at radius 3 is 2.44 bits per heavy atom. The van der Waals surface area contributed by atoms with Crippen molar-refractivity contribution in [2.45, 2.75) is 95.6 Å². The van der Waals surface area contributed by atoms with E-state index in [-0.39, 0.29) is 30.8 Å². The third kappa shape index (κ3) is 11.4. The van der Waals surface area contributed by atoms with Crippen molar-refractivity contribution in [1.29, 1.82) is 0 Å². The van der Waals surface area contributed by atoms with E-state index in [4.69, 9.17) is 0 Å². The molecule has 2 N–H and O–H groups in total. The average Bonchev–Trinajstić information content (AvgIpc) is 2.82. The highest BCUT2D eigenvalue weighted by atomic mass is 32.2. The molecule has 180 valence electrons. The third-order valence-corrected chi connectivity index (χ3v) is 7.08. The molecule has 1 fully saturated rings. The average molecular weight is 463 g/mol. The Hall–Kier alpha value is -1.53. The van der Waals surface area contributed by atoms with Crippen LogP contribution in [0.1, 0.15) is 82.6 Å². The SMILES string of the molecule is COC(=O)CCC(=O)NC(CCC(CCCC1CCCCC1)NSC)Cc1ccccc1. The molecule has 5 nitrogen and oxygen atoms in total. The number of rotatable bonds is 15. The highest BCUT2D eigenvalue weighted by Crippen LogP contribution is 2.28. The first-order chi connectivity index (χ1) is 15.6. The van der Waals surface area contributed by atoms with Crippen LogP contribution in [0.15, 0.2) is 30.3 Å². The molecule has 0 saturated heterocycles. The molecule has 0 bridgehead atoms. The lowest BCUT2D eigenvalue weighted by atomic mass is 9.85. The van der Waals surface area contributed by atoms with Crippen molar-refractivity contribution in [2.24, 2.45) is 5.92 Å². The fraction of sp³-hybridized carbons (Fsp3) is 0.692. The fourth-order valence-corrected chi connectivity index (χ4v) is 5.27. The number of amides is 1. The van der Waals surface area contributed by atoms with Gasteiger partial charge in [0.2, 0.25) is 5.91 Å². The first-order valence-corrected chi connectivity index (χ1v) is 13.5. The van der Waals surface area contributed by atoms with E-state index in [0.29, 0.717) is 6.04 Å². The summed E-state index contributed by atoms with van der Waals surface area (Å²) in [6.45, 7) is 0. The summed E-state index contributed by atoms with van der Waals surface area (Å²) in [6, 6.07) is 10.8. The summed E-state index contributed by atoms with van der Waals surface area (Å²) in [4.78, 5) is 23.8. The van der Waals surface area contributed by atoms with Gasteiger partial charge in [0.1, 0.15) is 0 Å². The van der Waals surface area contributed by atoms with E-state index in [9.17, 15) is 9.59 Å². The molecule has 32 heavy (non-hydrogen) atoms. The molecule has 1 aliphatic rings. The Bertz CT molecular complexity index is 650. The van der Waals surface area contributed by atoms with Crippen molar-refractivity contribution in [2.75, 3.05) is 13.4 Å². The maximum Gasteiger partial charge on any atom is 0.306 e. The maximum atomic E-state index is 12.4. The highest BCUT2D eigenvalue weighted by molar-refractivity contribution is 7.96. The minimum atomic E-state index is -0.345. The van der Waals surface area contributed by atoms with Gasteiger partial charge in [-0.25, -0.2) is 0 Å². The van der Waals surface area contributed by atoms with Gasteiger partial charge in [-0.1, -0.05) is 87.2 Å². The smallest absolute Gasteiger partial charge is 0.306 e. The van der Waals surface area contributed by atoms with Gasteiger partial charge in [-0.15, -0.1) is 0 Å². The minimum absolute atomic E-state index is 0.0621. The van der Waals surface area contributed by atoms with E-state index in [2.05, 4.69) is 33.2 Å². The summed E-state index contributed by atoms with van der Waals surface area (Å²) in [5, 5.41) is 3.17. The topological polar surface area (TPSA) is 67.4 Å². The predicted octanol–water partition coefficient (Wildman–Crippen LogP) is 5.43. The number of carbonyl (C=O) groups is 2. The fourth-order valence-electron chi connectivity index (χ4n) is 4.70. The summed E-state index contributed by atoms with van der Waals surface area (Å²) in [7, 11) is 1.35. The second-order valence-electron chi connectivity index (χ2n) is 9.06. The van der Waals surface area contributed by atoms with Crippen LogP contribution in [0.4, 0.5) is 0 Å². The molecule has 0 aliphatic heterocycles. The molecule has 1 aliphatic carbocycles. The summed E-state index contributed by atoms with van der Waals surface area (Å²) >= 11 is 1.69. The molecule has 2 atom stereocenters. The minimum Gasteiger partial charge on any atom is -0.469 e. The zero-order valence-corrected chi connectivity index (χ0v) is 20.8. The number of hydrogen-bond acceptors (Lipinski definition) is 5. The second kappa shape index (κ2) is 16.1. The van der Waals surface area contributed by atoms with E-state index >= 15 is 0 Å². The van der Waals surface area contributed by atoms with E-state index in [0.717, 1.165) is 25.2 Å².